The predicted octanol–water partition coefficient (Wildman–Crippen LogP) is 2.40. The van der Waals surface area contributed by atoms with Crippen molar-refractivity contribution in [2.45, 2.75) is 83.3 Å². The summed E-state index contributed by atoms with van der Waals surface area (Å²) in [6.07, 6.45) is 8.22. The van der Waals surface area contributed by atoms with Crippen LogP contribution in [0.15, 0.2) is 0 Å². The smallest absolute Gasteiger partial charge is 0.315 e. The molecule has 7 heteroatoms. The lowest BCUT2D eigenvalue weighted by molar-refractivity contribution is -0.134. The molecule has 146 valence electrons. The third-order valence-corrected chi connectivity index (χ3v) is 5.12. The van der Waals surface area contributed by atoms with Crippen molar-refractivity contribution in [3.8, 4) is 0 Å². The fourth-order valence-corrected chi connectivity index (χ4v) is 3.75. The minimum Gasteiger partial charge on any atom is -0.341 e. The number of urea groups is 1. The van der Waals surface area contributed by atoms with Gasteiger partial charge < -0.3 is 21.3 Å². The average Bonchev–Trinajstić information content (AvgIpc) is 2.55. The normalized spacial score (nSPS) is 20.7. The summed E-state index contributed by atoms with van der Waals surface area (Å²) in [6, 6.07) is 0.0284. The fraction of sp³-hybridized carbons (Fsp3) is 0.889. The zero-order valence-electron chi connectivity index (χ0n) is 15.6. The summed E-state index contributed by atoms with van der Waals surface area (Å²) < 4.78 is 0. The second-order valence-electron chi connectivity index (χ2n) is 7.79. The number of rotatable bonds is 5. The Balaban J connectivity index is 0.00000312. The number of piperidine rings is 1. The molecule has 2 fully saturated rings. The van der Waals surface area contributed by atoms with E-state index >= 15 is 0 Å². The van der Waals surface area contributed by atoms with Gasteiger partial charge in [-0.25, -0.2) is 4.79 Å². The van der Waals surface area contributed by atoms with Crippen LogP contribution >= 0.6 is 12.4 Å². The van der Waals surface area contributed by atoms with E-state index in [0.29, 0.717) is 25.0 Å². The molecule has 3 amide bonds. The van der Waals surface area contributed by atoms with E-state index in [1.165, 1.54) is 19.3 Å². The first-order chi connectivity index (χ1) is 11.5. The molecule has 0 radical (unpaired) electrons. The van der Waals surface area contributed by atoms with E-state index < -0.39 is 6.04 Å². The van der Waals surface area contributed by atoms with Gasteiger partial charge in [0.2, 0.25) is 5.91 Å². The Morgan fingerprint density at radius 2 is 1.52 bits per heavy atom. The van der Waals surface area contributed by atoms with Crippen LogP contribution in [0.3, 0.4) is 0 Å². The Morgan fingerprint density at radius 1 is 1.00 bits per heavy atom. The van der Waals surface area contributed by atoms with E-state index in [0.717, 1.165) is 32.1 Å². The number of hydrogen-bond donors (Lipinski definition) is 3. The summed E-state index contributed by atoms with van der Waals surface area (Å²) in [5.41, 5.74) is 6.00. The van der Waals surface area contributed by atoms with E-state index in [1.54, 1.807) is 0 Å². The second-order valence-corrected chi connectivity index (χ2v) is 7.79. The summed E-state index contributed by atoms with van der Waals surface area (Å²) in [5, 5.41) is 6.16. The van der Waals surface area contributed by atoms with Crippen molar-refractivity contribution < 1.29 is 9.59 Å². The molecule has 0 bridgehead atoms. The van der Waals surface area contributed by atoms with Gasteiger partial charge in [0, 0.05) is 25.2 Å². The molecule has 0 aromatic carbocycles. The highest BCUT2D eigenvalue weighted by molar-refractivity contribution is 5.85. The van der Waals surface area contributed by atoms with Crippen LogP contribution in [0.5, 0.6) is 0 Å². The molecule has 4 N–H and O–H groups in total. The lowest BCUT2D eigenvalue weighted by Gasteiger charge is -2.34. The minimum absolute atomic E-state index is 0. The van der Waals surface area contributed by atoms with E-state index in [9.17, 15) is 9.59 Å². The maximum Gasteiger partial charge on any atom is 0.315 e. The molecule has 1 heterocycles. The number of halogens is 1. The Bertz CT molecular complexity index is 419. The topological polar surface area (TPSA) is 87.5 Å². The summed E-state index contributed by atoms with van der Waals surface area (Å²) in [7, 11) is 0. The van der Waals surface area contributed by atoms with Crippen molar-refractivity contribution in [3.63, 3.8) is 0 Å². The molecule has 6 nitrogen and oxygen atoms in total. The van der Waals surface area contributed by atoms with Crippen molar-refractivity contribution in [1.82, 2.24) is 15.5 Å². The Kier molecular flexibility index (Phi) is 9.57. The van der Waals surface area contributed by atoms with Crippen LogP contribution in [0.1, 0.15) is 65.2 Å². The van der Waals surface area contributed by atoms with Gasteiger partial charge in [-0.1, -0.05) is 33.1 Å². The first kappa shape index (κ1) is 22.0. The van der Waals surface area contributed by atoms with Gasteiger partial charge in [0.25, 0.3) is 0 Å². The van der Waals surface area contributed by atoms with Crippen LogP contribution in [0.2, 0.25) is 0 Å². The molecule has 0 aromatic rings. The Hall–Kier alpha value is -1.01. The van der Waals surface area contributed by atoms with Crippen LogP contribution in [0.4, 0.5) is 4.79 Å². The Labute approximate surface area is 158 Å². The van der Waals surface area contributed by atoms with Crippen LogP contribution in [-0.2, 0) is 4.79 Å². The van der Waals surface area contributed by atoms with E-state index in [1.807, 2.05) is 4.90 Å². The van der Waals surface area contributed by atoms with Gasteiger partial charge in [-0.15, -0.1) is 12.4 Å². The highest BCUT2D eigenvalue weighted by atomic mass is 35.5. The third kappa shape index (κ3) is 7.40. The zero-order valence-corrected chi connectivity index (χ0v) is 16.4. The first-order valence-corrected chi connectivity index (χ1v) is 9.57. The maximum absolute atomic E-state index is 12.3. The SMILES string of the molecule is CC(C)C[C@H](N)C(=O)N1CCC(NC(=O)NC2CCCCC2)CC1.Cl. The van der Waals surface area contributed by atoms with Crippen molar-refractivity contribution in [1.29, 1.82) is 0 Å². The Morgan fingerprint density at radius 3 is 2.04 bits per heavy atom. The molecule has 0 spiro atoms. The molecule has 2 aliphatic rings. The lowest BCUT2D eigenvalue weighted by atomic mass is 9.96. The van der Waals surface area contributed by atoms with Crippen LogP contribution in [0.25, 0.3) is 0 Å². The number of likely N-dealkylation sites (tertiary alicyclic amines) is 1. The number of carbonyl (C=O) groups excluding carboxylic acids is 2. The van der Waals surface area contributed by atoms with E-state index in [4.69, 9.17) is 5.73 Å². The number of hydrogen-bond acceptors (Lipinski definition) is 3. The molecule has 1 atom stereocenters. The van der Waals surface area contributed by atoms with Crippen LogP contribution < -0.4 is 16.4 Å². The largest absolute Gasteiger partial charge is 0.341 e. The molecular weight excluding hydrogens is 340 g/mol. The summed E-state index contributed by atoms with van der Waals surface area (Å²) in [4.78, 5) is 26.3. The fourth-order valence-electron chi connectivity index (χ4n) is 3.75. The number of amides is 3. The van der Waals surface area contributed by atoms with Gasteiger partial charge in [-0.2, -0.15) is 0 Å². The zero-order chi connectivity index (χ0) is 17.5. The molecular formula is C18H35ClN4O2. The lowest BCUT2D eigenvalue weighted by Crippen LogP contribution is -2.53. The third-order valence-electron chi connectivity index (χ3n) is 5.12. The molecule has 1 saturated heterocycles. The summed E-state index contributed by atoms with van der Waals surface area (Å²) in [5.74, 6) is 0.473. The number of nitrogens with two attached hydrogens (primary N) is 1. The standard InChI is InChI=1S/C18H34N4O2.ClH/c1-13(2)12-16(19)17(23)22-10-8-15(9-11-22)21-18(24)20-14-6-4-3-5-7-14;/h13-16H,3-12,19H2,1-2H3,(H2,20,21,24);1H/t16-;/m0./s1. The minimum atomic E-state index is -0.399. The molecule has 1 aliphatic carbocycles. The van der Waals surface area contributed by atoms with Gasteiger partial charge in [-0.05, 0) is 38.0 Å². The second kappa shape index (κ2) is 10.9. The molecule has 2 rings (SSSR count). The maximum atomic E-state index is 12.3. The van der Waals surface area contributed by atoms with Crippen LogP contribution in [0, 0.1) is 5.92 Å². The predicted molar refractivity (Wildman–Crippen MR) is 103 cm³/mol. The molecule has 1 aliphatic heterocycles. The van der Waals surface area contributed by atoms with Crippen LogP contribution in [-0.4, -0.2) is 48.1 Å². The van der Waals surface area contributed by atoms with Gasteiger partial charge >= 0.3 is 6.03 Å². The number of nitrogens with one attached hydrogen (secondary N) is 2. The highest BCUT2D eigenvalue weighted by Gasteiger charge is 2.27. The number of carbonyl (C=O) groups is 2. The molecule has 0 unspecified atom stereocenters. The average molecular weight is 375 g/mol. The summed E-state index contributed by atoms with van der Waals surface area (Å²) >= 11 is 0. The monoisotopic (exact) mass is 374 g/mol. The molecule has 0 aromatic heterocycles. The van der Waals surface area contributed by atoms with Gasteiger partial charge in [0.15, 0.2) is 0 Å². The van der Waals surface area contributed by atoms with E-state index in [-0.39, 0.29) is 30.4 Å². The van der Waals surface area contributed by atoms with Gasteiger partial charge in [0.05, 0.1) is 6.04 Å². The van der Waals surface area contributed by atoms with Crippen molar-refractivity contribution in [2.24, 2.45) is 11.7 Å². The quantitative estimate of drug-likeness (QED) is 0.690. The highest BCUT2D eigenvalue weighted by Crippen LogP contribution is 2.17. The van der Waals surface area contributed by atoms with Crippen molar-refractivity contribution in [2.75, 3.05) is 13.1 Å². The summed E-state index contributed by atoms with van der Waals surface area (Å²) in [6.45, 7) is 5.51. The first-order valence-electron chi connectivity index (χ1n) is 9.57. The van der Waals surface area contributed by atoms with Crippen molar-refractivity contribution in [3.05, 3.63) is 0 Å². The van der Waals surface area contributed by atoms with Gasteiger partial charge in [0.1, 0.15) is 0 Å². The van der Waals surface area contributed by atoms with Crippen molar-refractivity contribution >= 4 is 24.3 Å². The van der Waals surface area contributed by atoms with Gasteiger partial charge in [-0.3, -0.25) is 4.79 Å². The number of nitrogens with zero attached hydrogens (tertiary/aromatic N) is 1. The molecule has 1 saturated carbocycles. The molecule has 25 heavy (non-hydrogen) atoms. The van der Waals surface area contributed by atoms with E-state index in [2.05, 4.69) is 24.5 Å².